The van der Waals surface area contributed by atoms with Crippen LogP contribution < -0.4 is 0 Å². The van der Waals surface area contributed by atoms with Gasteiger partial charge in [-0.2, -0.15) is 0 Å². The molecule has 2 unspecified atom stereocenters. The van der Waals surface area contributed by atoms with Gasteiger partial charge in [0.25, 0.3) is 0 Å². The zero-order valence-electron chi connectivity index (χ0n) is 11.2. The van der Waals surface area contributed by atoms with Crippen molar-refractivity contribution in [2.45, 2.75) is 19.3 Å². The molecule has 2 N–H and O–H groups in total. The summed E-state index contributed by atoms with van der Waals surface area (Å²) < 4.78 is 0. The number of aromatic hydroxyl groups is 1. The van der Waals surface area contributed by atoms with E-state index in [9.17, 15) is 15.0 Å². The smallest absolute Gasteiger partial charge is 0.307 e. The molecule has 0 saturated heterocycles. The molecule has 1 aliphatic rings. The third kappa shape index (κ3) is 1.78. The van der Waals surface area contributed by atoms with Crippen molar-refractivity contribution in [3.8, 4) is 16.9 Å². The standard InChI is InChI=1S/C17H16O3/c1-2-11(17(19)20)16-13-6-4-3-5-12(13)15-9-10(18)7-8-14(15)16/h3-9,11,16,18H,2H2,1H3,(H,19,20). The van der Waals surface area contributed by atoms with Crippen molar-refractivity contribution in [2.24, 2.45) is 5.92 Å². The Morgan fingerprint density at radius 1 is 1.15 bits per heavy atom. The van der Waals surface area contributed by atoms with Crippen LogP contribution in [0.1, 0.15) is 30.4 Å². The van der Waals surface area contributed by atoms with Crippen molar-refractivity contribution in [3.05, 3.63) is 53.6 Å². The maximum atomic E-state index is 11.6. The van der Waals surface area contributed by atoms with Crippen molar-refractivity contribution < 1.29 is 15.0 Å². The maximum Gasteiger partial charge on any atom is 0.307 e. The predicted octanol–water partition coefficient (Wildman–Crippen LogP) is 3.62. The van der Waals surface area contributed by atoms with Gasteiger partial charge >= 0.3 is 5.97 Å². The van der Waals surface area contributed by atoms with Gasteiger partial charge in [-0.05, 0) is 40.8 Å². The van der Waals surface area contributed by atoms with Crippen LogP contribution in [0.5, 0.6) is 5.75 Å². The van der Waals surface area contributed by atoms with E-state index in [1.165, 1.54) is 0 Å². The summed E-state index contributed by atoms with van der Waals surface area (Å²) in [5.74, 6) is -1.14. The molecule has 0 amide bonds. The van der Waals surface area contributed by atoms with E-state index in [2.05, 4.69) is 0 Å². The summed E-state index contributed by atoms with van der Waals surface area (Å²) in [6, 6.07) is 13.1. The summed E-state index contributed by atoms with van der Waals surface area (Å²) in [6.07, 6.45) is 0.578. The van der Waals surface area contributed by atoms with Gasteiger partial charge in [-0.1, -0.05) is 37.3 Å². The summed E-state index contributed by atoms with van der Waals surface area (Å²) in [4.78, 5) is 11.6. The largest absolute Gasteiger partial charge is 0.508 e. The Kier molecular flexibility index (Phi) is 2.97. The number of phenols is 1. The lowest BCUT2D eigenvalue weighted by molar-refractivity contribution is -0.142. The molecule has 0 radical (unpaired) electrons. The lowest BCUT2D eigenvalue weighted by Gasteiger charge is -2.20. The first-order valence-electron chi connectivity index (χ1n) is 6.78. The van der Waals surface area contributed by atoms with Gasteiger partial charge in [0, 0.05) is 5.92 Å². The third-order valence-corrected chi connectivity index (χ3v) is 4.12. The van der Waals surface area contributed by atoms with Crippen molar-refractivity contribution in [1.29, 1.82) is 0 Å². The Labute approximate surface area is 117 Å². The van der Waals surface area contributed by atoms with Gasteiger partial charge in [-0.25, -0.2) is 0 Å². The number of fused-ring (bicyclic) bond motifs is 3. The molecular formula is C17H16O3. The number of aliphatic carboxylic acids is 1. The van der Waals surface area contributed by atoms with E-state index in [-0.39, 0.29) is 11.7 Å². The van der Waals surface area contributed by atoms with E-state index in [1.54, 1.807) is 12.1 Å². The van der Waals surface area contributed by atoms with Gasteiger partial charge < -0.3 is 10.2 Å². The molecule has 0 spiro atoms. The Balaban J connectivity index is 2.24. The Morgan fingerprint density at radius 2 is 1.85 bits per heavy atom. The van der Waals surface area contributed by atoms with Crippen LogP contribution in [0.15, 0.2) is 42.5 Å². The summed E-state index contributed by atoms with van der Waals surface area (Å²) in [7, 11) is 0. The third-order valence-electron chi connectivity index (χ3n) is 4.12. The van der Waals surface area contributed by atoms with E-state index in [1.807, 2.05) is 37.3 Å². The summed E-state index contributed by atoms with van der Waals surface area (Å²) in [5.41, 5.74) is 4.02. The highest BCUT2D eigenvalue weighted by Gasteiger charge is 2.37. The average Bonchev–Trinajstić information content (AvgIpc) is 2.74. The number of hydrogen-bond donors (Lipinski definition) is 2. The number of carbonyl (C=O) groups is 1. The molecular weight excluding hydrogens is 252 g/mol. The molecule has 1 aliphatic carbocycles. The summed E-state index contributed by atoms with van der Waals surface area (Å²) in [5, 5.41) is 19.2. The molecule has 2 atom stereocenters. The second-order valence-electron chi connectivity index (χ2n) is 5.19. The Hall–Kier alpha value is -2.29. The van der Waals surface area contributed by atoms with Crippen LogP contribution in [0.25, 0.3) is 11.1 Å². The van der Waals surface area contributed by atoms with E-state index in [4.69, 9.17) is 0 Å². The first-order valence-corrected chi connectivity index (χ1v) is 6.78. The molecule has 3 nitrogen and oxygen atoms in total. The highest BCUT2D eigenvalue weighted by Crippen LogP contribution is 2.49. The molecule has 0 fully saturated rings. The highest BCUT2D eigenvalue weighted by atomic mass is 16.4. The number of carboxylic acids is 1. The first-order chi connectivity index (χ1) is 9.63. The monoisotopic (exact) mass is 268 g/mol. The second kappa shape index (κ2) is 4.67. The molecule has 2 aromatic carbocycles. The molecule has 0 aromatic heterocycles. The number of phenolic OH excluding ortho intramolecular Hbond substituents is 1. The zero-order valence-corrected chi connectivity index (χ0v) is 11.2. The molecule has 0 heterocycles. The van der Waals surface area contributed by atoms with E-state index < -0.39 is 11.9 Å². The van der Waals surface area contributed by atoms with Crippen molar-refractivity contribution in [1.82, 2.24) is 0 Å². The molecule has 102 valence electrons. The maximum absolute atomic E-state index is 11.6. The molecule has 0 aliphatic heterocycles. The fourth-order valence-electron chi connectivity index (χ4n) is 3.22. The lowest BCUT2D eigenvalue weighted by atomic mass is 9.82. The Bertz CT molecular complexity index is 676. The quantitative estimate of drug-likeness (QED) is 0.894. The number of rotatable bonds is 3. The van der Waals surface area contributed by atoms with Gasteiger partial charge in [-0.3, -0.25) is 4.79 Å². The summed E-state index contributed by atoms with van der Waals surface area (Å²) >= 11 is 0. The van der Waals surface area contributed by atoms with Gasteiger partial charge in [0.05, 0.1) is 5.92 Å². The molecule has 3 rings (SSSR count). The zero-order chi connectivity index (χ0) is 14.3. The first kappa shape index (κ1) is 12.7. The predicted molar refractivity (Wildman–Crippen MR) is 76.8 cm³/mol. The molecule has 20 heavy (non-hydrogen) atoms. The van der Waals surface area contributed by atoms with Crippen LogP contribution in [0.3, 0.4) is 0 Å². The second-order valence-corrected chi connectivity index (χ2v) is 5.19. The number of benzene rings is 2. The van der Waals surface area contributed by atoms with Crippen LogP contribution in [0, 0.1) is 5.92 Å². The van der Waals surface area contributed by atoms with Gasteiger partial charge in [0.2, 0.25) is 0 Å². The van der Waals surface area contributed by atoms with E-state index >= 15 is 0 Å². The highest BCUT2D eigenvalue weighted by molar-refractivity contribution is 5.83. The SMILES string of the molecule is CCC(C(=O)O)C1c2ccccc2-c2cc(O)ccc21. The summed E-state index contributed by atoms with van der Waals surface area (Å²) in [6.45, 7) is 1.90. The average molecular weight is 268 g/mol. The van der Waals surface area contributed by atoms with Gasteiger partial charge in [-0.15, -0.1) is 0 Å². The van der Waals surface area contributed by atoms with Crippen LogP contribution in [-0.2, 0) is 4.79 Å². The fourth-order valence-corrected chi connectivity index (χ4v) is 3.22. The van der Waals surface area contributed by atoms with Crippen LogP contribution in [0.4, 0.5) is 0 Å². The molecule has 0 saturated carbocycles. The minimum Gasteiger partial charge on any atom is -0.508 e. The normalized spacial score (nSPS) is 17.4. The van der Waals surface area contributed by atoms with Gasteiger partial charge in [0.15, 0.2) is 0 Å². The lowest BCUT2D eigenvalue weighted by Crippen LogP contribution is -2.20. The van der Waals surface area contributed by atoms with Crippen LogP contribution in [-0.4, -0.2) is 16.2 Å². The van der Waals surface area contributed by atoms with Crippen molar-refractivity contribution in [2.75, 3.05) is 0 Å². The van der Waals surface area contributed by atoms with Gasteiger partial charge in [0.1, 0.15) is 5.75 Å². The van der Waals surface area contributed by atoms with Crippen molar-refractivity contribution >= 4 is 5.97 Å². The van der Waals surface area contributed by atoms with E-state index in [0.717, 1.165) is 22.3 Å². The number of hydrogen-bond acceptors (Lipinski definition) is 2. The molecule has 2 aromatic rings. The van der Waals surface area contributed by atoms with Crippen molar-refractivity contribution in [3.63, 3.8) is 0 Å². The fraction of sp³-hybridized carbons (Fsp3) is 0.235. The van der Waals surface area contributed by atoms with Crippen LogP contribution >= 0.6 is 0 Å². The van der Waals surface area contributed by atoms with Crippen LogP contribution in [0.2, 0.25) is 0 Å². The molecule has 3 heteroatoms. The molecule has 0 bridgehead atoms. The minimum absolute atomic E-state index is 0.135. The Morgan fingerprint density at radius 3 is 2.55 bits per heavy atom. The topological polar surface area (TPSA) is 57.5 Å². The minimum atomic E-state index is -0.770. The number of carboxylic acid groups (broad SMARTS) is 1. The van der Waals surface area contributed by atoms with E-state index in [0.29, 0.717) is 6.42 Å².